The van der Waals surface area contributed by atoms with Crippen LogP contribution in [0.15, 0.2) is 65.8 Å². The molecule has 35 heavy (non-hydrogen) atoms. The van der Waals surface area contributed by atoms with E-state index in [4.69, 9.17) is 23.2 Å². The van der Waals surface area contributed by atoms with Gasteiger partial charge in [-0.1, -0.05) is 35.3 Å². The van der Waals surface area contributed by atoms with Crippen molar-refractivity contribution >= 4 is 55.9 Å². The topological polar surface area (TPSA) is 101 Å². The number of halogens is 4. The Kier molecular flexibility index (Phi) is 6.88. The molecule has 12 heteroatoms. The van der Waals surface area contributed by atoms with Gasteiger partial charge < -0.3 is 5.32 Å². The molecule has 1 aromatic heterocycles. The Hall–Kier alpha value is -3.34. The highest BCUT2D eigenvalue weighted by Crippen LogP contribution is 2.32. The predicted molar refractivity (Wildman–Crippen MR) is 129 cm³/mol. The summed E-state index contributed by atoms with van der Waals surface area (Å²) in [6.07, 6.45) is 2.79. The highest BCUT2D eigenvalue weighted by molar-refractivity contribution is 7.93. The van der Waals surface area contributed by atoms with Crippen LogP contribution in [0.3, 0.4) is 0 Å². The molecule has 1 amide bonds. The van der Waals surface area contributed by atoms with Crippen molar-refractivity contribution < 1.29 is 22.0 Å². The Labute approximate surface area is 209 Å². The van der Waals surface area contributed by atoms with Gasteiger partial charge in [-0.3, -0.25) is 19.5 Å². The molecule has 0 spiro atoms. The van der Waals surface area contributed by atoms with Gasteiger partial charge in [0.2, 0.25) is 0 Å². The van der Waals surface area contributed by atoms with Crippen LogP contribution in [-0.2, 0) is 10.0 Å². The van der Waals surface area contributed by atoms with Gasteiger partial charge in [-0.2, -0.15) is 0 Å². The van der Waals surface area contributed by atoms with Gasteiger partial charge in [0, 0.05) is 24.0 Å². The average Bonchev–Trinajstić information content (AvgIpc) is 2.80. The molecule has 0 aliphatic rings. The number of anilines is 1. The molecule has 7 nitrogen and oxygen atoms in total. The lowest BCUT2D eigenvalue weighted by molar-refractivity contribution is 0.0940. The number of carbonyl (C=O) groups excluding carboxylic acids is 1. The normalized spacial score (nSPS) is 12.4. The van der Waals surface area contributed by atoms with Gasteiger partial charge in [0.1, 0.15) is 22.0 Å². The third-order valence-electron chi connectivity index (χ3n) is 5.08. The summed E-state index contributed by atoms with van der Waals surface area (Å²) in [5.74, 6) is -2.37. The maximum Gasteiger partial charge on any atom is 0.264 e. The van der Waals surface area contributed by atoms with E-state index in [9.17, 15) is 22.0 Å². The summed E-state index contributed by atoms with van der Waals surface area (Å²) in [7, 11) is -4.25. The predicted octanol–water partition coefficient (Wildman–Crippen LogP) is 5.51. The number of amides is 1. The number of nitrogens with one attached hydrogen (secondary N) is 2. The number of para-hydroxylation sites is 1. The number of hydrogen-bond donors (Lipinski definition) is 2. The molecule has 1 unspecified atom stereocenters. The molecular formula is C23H16Cl2F2N4O3S. The lowest BCUT2D eigenvalue weighted by Crippen LogP contribution is -2.28. The van der Waals surface area contributed by atoms with Crippen LogP contribution in [-0.4, -0.2) is 24.3 Å². The number of sulfonamides is 1. The van der Waals surface area contributed by atoms with Gasteiger partial charge in [0.05, 0.1) is 32.9 Å². The summed E-state index contributed by atoms with van der Waals surface area (Å²) < 4.78 is 56.2. The minimum Gasteiger partial charge on any atom is -0.345 e. The van der Waals surface area contributed by atoms with E-state index >= 15 is 0 Å². The first-order chi connectivity index (χ1) is 16.6. The van der Waals surface area contributed by atoms with Crippen LogP contribution in [0.25, 0.3) is 11.0 Å². The first-order valence-electron chi connectivity index (χ1n) is 10.0. The number of hydrogen-bond acceptors (Lipinski definition) is 5. The van der Waals surface area contributed by atoms with Crippen molar-refractivity contribution in [2.24, 2.45) is 0 Å². The van der Waals surface area contributed by atoms with Crippen molar-refractivity contribution in [3.63, 3.8) is 0 Å². The van der Waals surface area contributed by atoms with Gasteiger partial charge in [0.15, 0.2) is 0 Å². The van der Waals surface area contributed by atoms with Crippen molar-refractivity contribution in [1.29, 1.82) is 0 Å². The van der Waals surface area contributed by atoms with E-state index < -0.39 is 33.6 Å². The number of nitrogens with zero attached hydrogens (tertiary/aromatic N) is 2. The second kappa shape index (κ2) is 9.73. The Morgan fingerprint density at radius 3 is 2.46 bits per heavy atom. The minimum absolute atomic E-state index is 0.00333. The molecule has 0 radical (unpaired) electrons. The Morgan fingerprint density at radius 1 is 1.00 bits per heavy atom. The maximum absolute atomic E-state index is 14.2. The van der Waals surface area contributed by atoms with Crippen molar-refractivity contribution in [3.8, 4) is 0 Å². The number of rotatable bonds is 6. The zero-order valence-electron chi connectivity index (χ0n) is 17.9. The fourth-order valence-electron chi connectivity index (χ4n) is 3.41. The van der Waals surface area contributed by atoms with E-state index in [1.165, 1.54) is 49.6 Å². The van der Waals surface area contributed by atoms with E-state index in [1.807, 2.05) is 0 Å². The Morgan fingerprint density at radius 2 is 1.71 bits per heavy atom. The quantitative estimate of drug-likeness (QED) is 0.338. The van der Waals surface area contributed by atoms with Gasteiger partial charge in [0.25, 0.3) is 15.9 Å². The van der Waals surface area contributed by atoms with Crippen LogP contribution >= 0.6 is 23.2 Å². The summed E-state index contributed by atoms with van der Waals surface area (Å²) in [5.41, 5.74) is 0.205. The molecule has 0 aliphatic carbocycles. The van der Waals surface area contributed by atoms with Crippen LogP contribution in [0.2, 0.25) is 10.0 Å². The fourth-order valence-corrected chi connectivity index (χ4v) is 4.97. The van der Waals surface area contributed by atoms with Crippen LogP contribution in [0.5, 0.6) is 0 Å². The third kappa shape index (κ3) is 5.19. The molecule has 180 valence electrons. The van der Waals surface area contributed by atoms with Crippen molar-refractivity contribution in [2.45, 2.75) is 17.9 Å². The molecule has 0 saturated carbocycles. The third-order valence-corrected chi connectivity index (χ3v) is 7.20. The number of aromatic nitrogens is 2. The molecule has 0 fully saturated rings. The van der Waals surface area contributed by atoms with E-state index in [0.29, 0.717) is 11.6 Å². The number of carbonyl (C=O) groups is 1. The van der Waals surface area contributed by atoms with Gasteiger partial charge in [-0.15, -0.1) is 0 Å². The highest BCUT2D eigenvalue weighted by atomic mass is 35.5. The van der Waals surface area contributed by atoms with Crippen molar-refractivity contribution in [1.82, 2.24) is 15.3 Å². The fraction of sp³-hybridized carbons (Fsp3) is 0.0870. The van der Waals surface area contributed by atoms with E-state index in [2.05, 4.69) is 20.0 Å². The lowest BCUT2D eigenvalue weighted by atomic mass is 10.1. The molecule has 2 N–H and O–H groups in total. The van der Waals surface area contributed by atoms with Crippen molar-refractivity contribution in [2.75, 3.05) is 4.72 Å². The van der Waals surface area contributed by atoms with Gasteiger partial charge in [-0.05, 0) is 37.3 Å². The van der Waals surface area contributed by atoms with Crippen LogP contribution in [0.4, 0.5) is 14.5 Å². The summed E-state index contributed by atoms with van der Waals surface area (Å²) in [6, 6.07) is 8.92. The second-order valence-corrected chi connectivity index (χ2v) is 9.92. The minimum atomic E-state index is -4.25. The standard InChI is InChI=1S/C23H16Cl2F2N4O3S/c1-12(14-6-5-13(26)9-18(14)27)30-23(32)15-10-16(24)17(25)11-20(15)31-35(33,34)21-4-2-3-19-22(21)29-8-7-28-19/h2-12,31H,1H3,(H,30,32). The van der Waals surface area contributed by atoms with Crippen LogP contribution in [0, 0.1) is 11.6 Å². The molecular weight excluding hydrogens is 521 g/mol. The first-order valence-corrected chi connectivity index (χ1v) is 12.3. The molecule has 4 rings (SSSR count). The molecule has 1 heterocycles. The van der Waals surface area contributed by atoms with E-state index in [1.54, 1.807) is 6.07 Å². The SMILES string of the molecule is CC(NC(=O)c1cc(Cl)c(Cl)cc1NS(=O)(=O)c1cccc2nccnc12)c1ccc(F)cc1F. The molecule has 1 atom stereocenters. The smallest absolute Gasteiger partial charge is 0.264 e. The largest absolute Gasteiger partial charge is 0.345 e. The first kappa shape index (κ1) is 24.8. The second-order valence-electron chi connectivity index (χ2n) is 7.46. The number of fused-ring (bicyclic) bond motifs is 1. The molecule has 0 saturated heterocycles. The molecule has 0 bridgehead atoms. The van der Waals surface area contributed by atoms with Crippen LogP contribution in [0.1, 0.15) is 28.9 Å². The molecule has 4 aromatic rings. The van der Waals surface area contributed by atoms with Gasteiger partial charge in [-0.25, -0.2) is 17.2 Å². The Bertz CT molecular complexity index is 1560. The zero-order chi connectivity index (χ0) is 25.3. The maximum atomic E-state index is 14.2. The Balaban J connectivity index is 1.70. The average molecular weight is 537 g/mol. The molecule has 0 aliphatic heterocycles. The van der Waals surface area contributed by atoms with E-state index in [-0.39, 0.29) is 37.3 Å². The molecule has 3 aromatic carbocycles. The van der Waals surface area contributed by atoms with Crippen LogP contribution < -0.4 is 10.0 Å². The highest BCUT2D eigenvalue weighted by Gasteiger charge is 2.24. The lowest BCUT2D eigenvalue weighted by Gasteiger charge is -2.18. The summed E-state index contributed by atoms with van der Waals surface area (Å²) in [5, 5.41) is 2.55. The van der Waals surface area contributed by atoms with Gasteiger partial charge >= 0.3 is 0 Å². The summed E-state index contributed by atoms with van der Waals surface area (Å²) in [6.45, 7) is 1.49. The van der Waals surface area contributed by atoms with Crippen molar-refractivity contribution in [3.05, 3.63) is 93.7 Å². The summed E-state index contributed by atoms with van der Waals surface area (Å²) >= 11 is 12.2. The number of benzene rings is 3. The zero-order valence-corrected chi connectivity index (χ0v) is 20.2. The summed E-state index contributed by atoms with van der Waals surface area (Å²) in [4.78, 5) is 21.1. The van der Waals surface area contributed by atoms with E-state index in [0.717, 1.165) is 6.07 Å². The monoisotopic (exact) mass is 536 g/mol.